The van der Waals surface area contributed by atoms with Crippen LogP contribution in [0.1, 0.15) is 0 Å². The van der Waals surface area contributed by atoms with Gasteiger partial charge in [-0.3, -0.25) is 4.79 Å². The third-order valence-corrected chi connectivity index (χ3v) is 4.11. The fourth-order valence-corrected chi connectivity index (χ4v) is 2.76. The molecule has 3 rings (SSSR count). The molecule has 0 aliphatic carbocycles. The van der Waals surface area contributed by atoms with Gasteiger partial charge in [-0.15, -0.1) is 0 Å². The van der Waals surface area contributed by atoms with Crippen molar-refractivity contribution >= 4 is 11.9 Å². The molecule has 0 N–H and O–H groups in total. The molecule has 1 amide bonds. The zero-order chi connectivity index (χ0) is 16.8. The van der Waals surface area contributed by atoms with Crippen LogP contribution in [0.5, 0.6) is 0 Å². The first-order chi connectivity index (χ1) is 11.8. The van der Waals surface area contributed by atoms with Crippen molar-refractivity contribution in [2.75, 3.05) is 57.4 Å². The molecule has 0 saturated carbocycles. The molecule has 2 aliphatic rings. The average Bonchev–Trinajstić information content (AvgIpc) is 2.67. The van der Waals surface area contributed by atoms with Crippen LogP contribution in [0.3, 0.4) is 0 Å². The second-order valence-corrected chi connectivity index (χ2v) is 5.63. The van der Waals surface area contributed by atoms with Gasteiger partial charge < -0.3 is 19.4 Å². The number of piperazine rings is 1. The smallest absolute Gasteiger partial charge is 0.266 e. The Balaban J connectivity index is 1.59. The molecule has 0 unspecified atom stereocenters. The van der Waals surface area contributed by atoms with E-state index in [-0.39, 0.29) is 11.5 Å². The fraction of sp³-hybridized carbons (Fsp3) is 0.500. The molecule has 1 aromatic heterocycles. The van der Waals surface area contributed by atoms with Gasteiger partial charge in [0.05, 0.1) is 13.2 Å². The quantitative estimate of drug-likeness (QED) is 0.564. The summed E-state index contributed by atoms with van der Waals surface area (Å²) in [4.78, 5) is 26.7. The summed E-state index contributed by atoms with van der Waals surface area (Å²) in [7, 11) is 0. The van der Waals surface area contributed by atoms with Crippen LogP contribution in [0.15, 0.2) is 30.2 Å². The van der Waals surface area contributed by atoms with Crippen molar-refractivity contribution in [2.24, 2.45) is 0 Å². The number of morpholine rings is 1. The molecular formula is C16H20N6O2. The maximum Gasteiger partial charge on any atom is 0.266 e. The van der Waals surface area contributed by atoms with Gasteiger partial charge in [0.25, 0.3) is 5.91 Å². The lowest BCUT2D eigenvalue weighted by Crippen LogP contribution is -2.45. The van der Waals surface area contributed by atoms with Gasteiger partial charge in [0.2, 0.25) is 5.95 Å². The molecule has 126 valence electrons. The summed E-state index contributed by atoms with van der Waals surface area (Å²) in [6.07, 6.45) is 5.13. The first-order valence-electron chi connectivity index (χ1n) is 8.03. The molecule has 8 heteroatoms. The molecule has 24 heavy (non-hydrogen) atoms. The van der Waals surface area contributed by atoms with E-state index < -0.39 is 0 Å². The number of anilines is 1. The Hall–Kier alpha value is -2.66. The number of ether oxygens (including phenoxy) is 1. The third-order valence-electron chi connectivity index (χ3n) is 4.11. The number of hydrogen-bond acceptors (Lipinski definition) is 7. The van der Waals surface area contributed by atoms with E-state index in [0.29, 0.717) is 32.3 Å². The molecule has 2 aliphatic heterocycles. The normalized spacial score (nSPS) is 19.1. The van der Waals surface area contributed by atoms with Crippen molar-refractivity contribution in [3.8, 4) is 6.07 Å². The maximum absolute atomic E-state index is 12.4. The highest BCUT2D eigenvalue weighted by Gasteiger charge is 2.23. The van der Waals surface area contributed by atoms with Crippen molar-refractivity contribution < 1.29 is 9.53 Å². The van der Waals surface area contributed by atoms with Crippen LogP contribution in [0.25, 0.3) is 0 Å². The van der Waals surface area contributed by atoms with E-state index in [9.17, 15) is 10.1 Å². The van der Waals surface area contributed by atoms with E-state index in [1.54, 1.807) is 29.6 Å². The Morgan fingerprint density at radius 3 is 2.42 bits per heavy atom. The highest BCUT2D eigenvalue weighted by molar-refractivity contribution is 5.97. The summed E-state index contributed by atoms with van der Waals surface area (Å²) >= 11 is 0. The van der Waals surface area contributed by atoms with Crippen molar-refractivity contribution in [3.63, 3.8) is 0 Å². The number of aromatic nitrogens is 2. The van der Waals surface area contributed by atoms with Crippen LogP contribution in [0.2, 0.25) is 0 Å². The van der Waals surface area contributed by atoms with Gasteiger partial charge in [-0.2, -0.15) is 5.26 Å². The monoisotopic (exact) mass is 328 g/mol. The highest BCUT2D eigenvalue weighted by atomic mass is 16.5. The van der Waals surface area contributed by atoms with Gasteiger partial charge in [-0.25, -0.2) is 9.97 Å². The van der Waals surface area contributed by atoms with E-state index in [4.69, 9.17) is 4.74 Å². The second-order valence-electron chi connectivity index (χ2n) is 5.63. The minimum absolute atomic E-state index is 0.182. The lowest BCUT2D eigenvalue weighted by Gasteiger charge is -2.34. The Morgan fingerprint density at radius 2 is 1.79 bits per heavy atom. The van der Waals surface area contributed by atoms with Gasteiger partial charge in [-0.1, -0.05) is 0 Å². The minimum Gasteiger partial charge on any atom is -0.378 e. The van der Waals surface area contributed by atoms with Gasteiger partial charge in [0, 0.05) is 57.9 Å². The molecular weight excluding hydrogens is 308 g/mol. The number of rotatable bonds is 3. The lowest BCUT2D eigenvalue weighted by molar-refractivity contribution is -0.130. The predicted molar refractivity (Wildman–Crippen MR) is 86.9 cm³/mol. The summed E-state index contributed by atoms with van der Waals surface area (Å²) in [6, 6.07) is 3.83. The Morgan fingerprint density at radius 1 is 1.12 bits per heavy atom. The second kappa shape index (κ2) is 7.75. The average molecular weight is 328 g/mol. The van der Waals surface area contributed by atoms with Gasteiger partial charge in [0.15, 0.2) is 0 Å². The molecule has 3 heterocycles. The predicted octanol–water partition coefficient (Wildman–Crippen LogP) is -0.135. The Labute approximate surface area is 140 Å². The van der Waals surface area contributed by atoms with Crippen molar-refractivity contribution in [1.29, 1.82) is 5.26 Å². The maximum atomic E-state index is 12.4. The van der Waals surface area contributed by atoms with Crippen LogP contribution in [-0.2, 0) is 9.53 Å². The van der Waals surface area contributed by atoms with Crippen LogP contribution in [0, 0.1) is 11.3 Å². The van der Waals surface area contributed by atoms with E-state index >= 15 is 0 Å². The van der Waals surface area contributed by atoms with Crippen molar-refractivity contribution in [1.82, 2.24) is 19.8 Å². The standard InChI is InChI=1S/C16H20N6O2/c17-12-14(15(23)21-8-10-24-11-9-21)13-20-4-6-22(7-5-20)16-18-2-1-3-19-16/h1-3,13H,4-11H2/b14-13-. The number of nitriles is 1. The summed E-state index contributed by atoms with van der Waals surface area (Å²) in [6.45, 7) is 5.09. The summed E-state index contributed by atoms with van der Waals surface area (Å²) in [5, 5.41) is 9.33. The van der Waals surface area contributed by atoms with Crippen molar-refractivity contribution in [3.05, 3.63) is 30.2 Å². The molecule has 0 atom stereocenters. The highest BCUT2D eigenvalue weighted by Crippen LogP contribution is 2.12. The number of carbonyl (C=O) groups is 1. The molecule has 0 bridgehead atoms. The molecule has 0 spiro atoms. The SMILES string of the molecule is N#C/C(=C/N1CCN(c2ncccn2)CC1)C(=O)N1CCOCC1. The number of carbonyl (C=O) groups excluding carboxylic acids is 1. The summed E-state index contributed by atoms with van der Waals surface area (Å²) in [5.41, 5.74) is 0.182. The van der Waals surface area contributed by atoms with Gasteiger partial charge in [-0.05, 0) is 6.07 Å². The van der Waals surface area contributed by atoms with Crippen LogP contribution in [-0.4, -0.2) is 78.2 Å². The first-order valence-corrected chi connectivity index (χ1v) is 8.03. The molecule has 1 aromatic rings. The summed E-state index contributed by atoms with van der Waals surface area (Å²) in [5.74, 6) is 0.501. The van der Waals surface area contributed by atoms with E-state index in [2.05, 4.69) is 14.9 Å². The van der Waals surface area contributed by atoms with Gasteiger partial charge in [0.1, 0.15) is 11.6 Å². The lowest BCUT2D eigenvalue weighted by atomic mass is 10.2. The Bertz CT molecular complexity index is 628. The van der Waals surface area contributed by atoms with Crippen LogP contribution < -0.4 is 4.90 Å². The first kappa shape index (κ1) is 16.2. The molecule has 2 saturated heterocycles. The van der Waals surface area contributed by atoms with Gasteiger partial charge >= 0.3 is 0 Å². The zero-order valence-corrected chi connectivity index (χ0v) is 13.5. The van der Waals surface area contributed by atoms with Crippen LogP contribution in [0.4, 0.5) is 5.95 Å². The van der Waals surface area contributed by atoms with Crippen LogP contribution >= 0.6 is 0 Å². The van der Waals surface area contributed by atoms with E-state index in [1.807, 2.05) is 11.0 Å². The largest absolute Gasteiger partial charge is 0.378 e. The number of nitrogens with zero attached hydrogens (tertiary/aromatic N) is 6. The summed E-state index contributed by atoms with van der Waals surface area (Å²) < 4.78 is 5.24. The fourth-order valence-electron chi connectivity index (χ4n) is 2.76. The number of hydrogen-bond donors (Lipinski definition) is 0. The third kappa shape index (κ3) is 3.81. The molecule has 0 radical (unpaired) electrons. The molecule has 0 aromatic carbocycles. The topological polar surface area (TPSA) is 85.6 Å². The Kier molecular flexibility index (Phi) is 5.23. The number of amides is 1. The minimum atomic E-state index is -0.213. The zero-order valence-electron chi connectivity index (χ0n) is 13.5. The van der Waals surface area contributed by atoms with Crippen molar-refractivity contribution in [2.45, 2.75) is 0 Å². The molecule has 8 nitrogen and oxygen atoms in total. The van der Waals surface area contributed by atoms with E-state index in [0.717, 1.165) is 26.2 Å². The van der Waals surface area contributed by atoms with E-state index in [1.165, 1.54) is 0 Å². The molecule has 2 fully saturated rings.